The highest BCUT2D eigenvalue weighted by Gasteiger charge is 2.51. The third-order valence-electron chi connectivity index (χ3n) is 8.87. The normalized spacial score (nSPS) is 29.3. The first kappa shape index (κ1) is 22.9. The van der Waals surface area contributed by atoms with Gasteiger partial charge in [0, 0.05) is 54.6 Å². The highest BCUT2D eigenvalue weighted by molar-refractivity contribution is 6.30. The van der Waals surface area contributed by atoms with Crippen molar-refractivity contribution in [3.63, 3.8) is 0 Å². The van der Waals surface area contributed by atoms with E-state index in [2.05, 4.69) is 22.3 Å². The first-order valence-electron chi connectivity index (χ1n) is 13.1. The number of halogens is 1. The van der Waals surface area contributed by atoms with Crippen LogP contribution >= 0.6 is 11.6 Å². The third-order valence-corrected chi connectivity index (χ3v) is 9.13. The van der Waals surface area contributed by atoms with Crippen molar-refractivity contribution in [2.24, 2.45) is 23.2 Å². The van der Waals surface area contributed by atoms with Crippen LogP contribution < -0.4 is 10.2 Å². The Morgan fingerprint density at radius 1 is 0.829 bits per heavy atom. The molecule has 2 amide bonds. The summed E-state index contributed by atoms with van der Waals surface area (Å²) in [6, 6.07) is 15.3. The Morgan fingerprint density at radius 2 is 1.40 bits per heavy atom. The molecule has 0 spiro atoms. The molecule has 4 saturated carbocycles. The minimum Gasteiger partial charge on any atom is -0.368 e. The standard InChI is InChI=1S/C29H34ClN3O2/c30-24-3-1-23(2-4-24)28(35)33-11-9-32(10-12-33)26-7-5-25(6-8-26)31-27(34)19-29-16-20-13-21(17-29)15-22(14-20)18-29/h1-8,20-22H,9-19H2,(H,31,34). The number of carbonyl (C=O) groups is 2. The molecule has 2 aromatic carbocycles. The lowest BCUT2D eigenvalue weighted by Crippen LogP contribution is -2.48. The molecule has 1 saturated heterocycles. The molecule has 1 heterocycles. The number of piperazine rings is 1. The predicted octanol–water partition coefficient (Wildman–Crippen LogP) is 5.85. The van der Waals surface area contributed by atoms with Crippen LogP contribution in [0, 0.1) is 23.2 Å². The van der Waals surface area contributed by atoms with E-state index < -0.39 is 0 Å². The molecule has 5 fully saturated rings. The van der Waals surface area contributed by atoms with Gasteiger partial charge in [0.25, 0.3) is 5.91 Å². The van der Waals surface area contributed by atoms with Gasteiger partial charge in [0.05, 0.1) is 0 Å². The Bertz CT molecular complexity index is 1050. The first-order chi connectivity index (χ1) is 16.9. The molecule has 0 aromatic heterocycles. The van der Waals surface area contributed by atoms with E-state index in [4.69, 9.17) is 11.6 Å². The summed E-state index contributed by atoms with van der Waals surface area (Å²) in [4.78, 5) is 29.9. The fourth-order valence-electron chi connectivity index (χ4n) is 7.75. The van der Waals surface area contributed by atoms with Gasteiger partial charge in [-0.05, 0) is 110 Å². The Balaban J connectivity index is 1.01. The number of hydrogen-bond donors (Lipinski definition) is 1. The summed E-state index contributed by atoms with van der Waals surface area (Å²) in [7, 11) is 0. The van der Waals surface area contributed by atoms with Crippen molar-refractivity contribution in [1.29, 1.82) is 0 Å². The van der Waals surface area contributed by atoms with Gasteiger partial charge in [-0.2, -0.15) is 0 Å². The van der Waals surface area contributed by atoms with Crippen LogP contribution in [-0.2, 0) is 4.79 Å². The Morgan fingerprint density at radius 3 is 1.97 bits per heavy atom. The third kappa shape index (κ3) is 4.80. The summed E-state index contributed by atoms with van der Waals surface area (Å²) in [6.07, 6.45) is 8.69. The van der Waals surface area contributed by atoms with Gasteiger partial charge in [0.2, 0.25) is 5.91 Å². The average Bonchev–Trinajstić information content (AvgIpc) is 2.83. The largest absolute Gasteiger partial charge is 0.368 e. The maximum atomic E-state index is 13.0. The molecule has 0 atom stereocenters. The number of benzene rings is 2. The van der Waals surface area contributed by atoms with E-state index in [0.717, 1.165) is 42.2 Å². The monoisotopic (exact) mass is 491 g/mol. The number of hydrogen-bond acceptors (Lipinski definition) is 3. The van der Waals surface area contributed by atoms with Crippen LogP contribution in [0.15, 0.2) is 48.5 Å². The van der Waals surface area contributed by atoms with E-state index in [1.807, 2.05) is 17.0 Å². The van der Waals surface area contributed by atoms with Gasteiger partial charge in [-0.15, -0.1) is 0 Å². The second kappa shape index (κ2) is 9.16. The highest BCUT2D eigenvalue weighted by atomic mass is 35.5. The lowest BCUT2D eigenvalue weighted by molar-refractivity contribution is -0.124. The fraction of sp³-hybridized carbons (Fsp3) is 0.517. The van der Waals surface area contributed by atoms with E-state index >= 15 is 0 Å². The summed E-state index contributed by atoms with van der Waals surface area (Å²) in [5.74, 6) is 2.84. The van der Waals surface area contributed by atoms with Gasteiger partial charge in [-0.25, -0.2) is 0 Å². The van der Waals surface area contributed by atoms with Gasteiger partial charge < -0.3 is 15.1 Å². The average molecular weight is 492 g/mol. The first-order valence-corrected chi connectivity index (χ1v) is 13.5. The van der Waals surface area contributed by atoms with Crippen LogP contribution in [0.25, 0.3) is 0 Å². The molecule has 1 N–H and O–H groups in total. The van der Waals surface area contributed by atoms with Crippen molar-refractivity contribution in [3.05, 3.63) is 59.1 Å². The summed E-state index contributed by atoms with van der Waals surface area (Å²) in [5, 5.41) is 3.81. The van der Waals surface area contributed by atoms with Gasteiger partial charge in [-0.1, -0.05) is 11.6 Å². The quantitative estimate of drug-likeness (QED) is 0.571. The number of rotatable bonds is 5. The molecule has 1 aliphatic heterocycles. The molecule has 4 bridgehead atoms. The zero-order valence-electron chi connectivity index (χ0n) is 20.2. The maximum absolute atomic E-state index is 13.0. The van der Waals surface area contributed by atoms with Gasteiger partial charge in [0.1, 0.15) is 0 Å². The number of anilines is 2. The van der Waals surface area contributed by atoms with Crippen molar-refractivity contribution < 1.29 is 9.59 Å². The molecule has 0 unspecified atom stereocenters. The van der Waals surface area contributed by atoms with Crippen molar-refractivity contribution in [2.45, 2.75) is 44.9 Å². The number of amides is 2. The molecular weight excluding hydrogens is 458 g/mol. The minimum absolute atomic E-state index is 0.0541. The van der Waals surface area contributed by atoms with Crippen molar-refractivity contribution in [1.82, 2.24) is 4.90 Å². The van der Waals surface area contributed by atoms with E-state index in [0.29, 0.717) is 30.1 Å². The lowest BCUT2D eigenvalue weighted by atomic mass is 9.49. The molecule has 5 aliphatic rings. The van der Waals surface area contributed by atoms with Gasteiger partial charge in [-0.3, -0.25) is 9.59 Å². The van der Waals surface area contributed by atoms with E-state index in [-0.39, 0.29) is 17.2 Å². The topological polar surface area (TPSA) is 52.7 Å². The number of carbonyl (C=O) groups excluding carboxylic acids is 2. The molecule has 2 aromatic rings. The molecule has 4 aliphatic carbocycles. The van der Waals surface area contributed by atoms with Crippen molar-refractivity contribution in [2.75, 3.05) is 36.4 Å². The van der Waals surface area contributed by atoms with Gasteiger partial charge in [0.15, 0.2) is 0 Å². The Labute approximate surface area is 212 Å². The second-order valence-electron chi connectivity index (χ2n) is 11.5. The second-order valence-corrected chi connectivity index (χ2v) is 11.9. The minimum atomic E-state index is 0.0541. The van der Waals surface area contributed by atoms with Crippen molar-refractivity contribution in [3.8, 4) is 0 Å². The van der Waals surface area contributed by atoms with Crippen LogP contribution in [0.5, 0.6) is 0 Å². The lowest BCUT2D eigenvalue weighted by Gasteiger charge is -2.56. The van der Waals surface area contributed by atoms with Crippen LogP contribution in [0.3, 0.4) is 0 Å². The van der Waals surface area contributed by atoms with Gasteiger partial charge >= 0.3 is 0 Å². The van der Waals surface area contributed by atoms with Crippen LogP contribution in [-0.4, -0.2) is 42.9 Å². The van der Waals surface area contributed by atoms with E-state index in [1.54, 1.807) is 24.3 Å². The smallest absolute Gasteiger partial charge is 0.253 e. The molecule has 7 rings (SSSR count). The zero-order valence-corrected chi connectivity index (χ0v) is 21.0. The zero-order chi connectivity index (χ0) is 24.0. The Hall–Kier alpha value is -2.53. The number of nitrogens with one attached hydrogen (secondary N) is 1. The molecule has 184 valence electrons. The summed E-state index contributed by atoms with van der Waals surface area (Å²) < 4.78 is 0. The molecule has 0 radical (unpaired) electrons. The van der Waals surface area contributed by atoms with Crippen LogP contribution in [0.2, 0.25) is 5.02 Å². The SMILES string of the molecule is O=C(CC12CC3CC(CC(C3)C1)C2)Nc1ccc(N2CCN(C(=O)c3ccc(Cl)cc3)CC2)cc1. The summed E-state index contributed by atoms with van der Waals surface area (Å²) >= 11 is 5.94. The summed E-state index contributed by atoms with van der Waals surface area (Å²) in [6.45, 7) is 2.95. The van der Waals surface area contributed by atoms with Crippen LogP contribution in [0.1, 0.15) is 55.3 Å². The Kier molecular flexibility index (Phi) is 6.00. The fourth-order valence-corrected chi connectivity index (χ4v) is 7.88. The molecule has 35 heavy (non-hydrogen) atoms. The predicted molar refractivity (Wildman–Crippen MR) is 140 cm³/mol. The van der Waals surface area contributed by atoms with E-state index in [9.17, 15) is 9.59 Å². The van der Waals surface area contributed by atoms with E-state index in [1.165, 1.54) is 38.5 Å². The molecule has 5 nitrogen and oxygen atoms in total. The molecule has 6 heteroatoms. The summed E-state index contributed by atoms with van der Waals surface area (Å²) in [5.41, 5.74) is 2.95. The maximum Gasteiger partial charge on any atom is 0.253 e. The number of nitrogens with zero attached hydrogens (tertiary/aromatic N) is 2. The van der Waals surface area contributed by atoms with Crippen LogP contribution in [0.4, 0.5) is 11.4 Å². The highest BCUT2D eigenvalue weighted by Crippen LogP contribution is 2.61. The van der Waals surface area contributed by atoms with Crippen molar-refractivity contribution >= 4 is 34.8 Å². The molecular formula is C29H34ClN3O2.